The number of likely N-dealkylation sites (tertiary alicyclic amines) is 1. The number of thioether (sulfide) groups is 1. The Balaban J connectivity index is 1.95. The van der Waals surface area contributed by atoms with Crippen LogP contribution < -0.4 is 0 Å². The fourth-order valence-corrected chi connectivity index (χ4v) is 4.15. The minimum absolute atomic E-state index is 0.273. The standard InChI is InChI=1S/C10H16BrNOS/c11-7-8-3-1-5-12(8)10(13)9-4-2-6-14-9/h8-9H,1-7H2/t8-,9?/m0/s1. The molecule has 0 aliphatic carbocycles. The molecule has 1 amide bonds. The molecule has 2 aliphatic heterocycles. The average molecular weight is 278 g/mol. The second-order valence-electron chi connectivity index (χ2n) is 3.98. The molecule has 1 unspecified atom stereocenters. The van der Waals surface area contributed by atoms with Gasteiger partial charge < -0.3 is 4.90 Å². The van der Waals surface area contributed by atoms with Gasteiger partial charge in [-0.15, -0.1) is 11.8 Å². The summed E-state index contributed by atoms with van der Waals surface area (Å²) < 4.78 is 0. The van der Waals surface area contributed by atoms with Gasteiger partial charge in [0.05, 0.1) is 5.25 Å². The molecule has 2 atom stereocenters. The van der Waals surface area contributed by atoms with E-state index in [0.717, 1.165) is 18.3 Å². The summed E-state index contributed by atoms with van der Waals surface area (Å²) in [5.74, 6) is 1.57. The van der Waals surface area contributed by atoms with Gasteiger partial charge in [-0.3, -0.25) is 4.79 Å². The summed E-state index contributed by atoms with van der Waals surface area (Å²) in [5.41, 5.74) is 0. The van der Waals surface area contributed by atoms with Gasteiger partial charge in [-0.05, 0) is 31.4 Å². The van der Waals surface area contributed by atoms with Crippen LogP contribution in [0.3, 0.4) is 0 Å². The summed E-state index contributed by atoms with van der Waals surface area (Å²) in [5, 5.41) is 1.21. The third kappa shape index (κ3) is 2.11. The molecule has 2 fully saturated rings. The van der Waals surface area contributed by atoms with Crippen molar-refractivity contribution in [1.29, 1.82) is 0 Å². The molecule has 2 saturated heterocycles. The van der Waals surface area contributed by atoms with Crippen LogP contribution >= 0.6 is 27.7 Å². The van der Waals surface area contributed by atoms with E-state index in [-0.39, 0.29) is 5.25 Å². The van der Waals surface area contributed by atoms with E-state index >= 15 is 0 Å². The van der Waals surface area contributed by atoms with Crippen LogP contribution in [0.1, 0.15) is 25.7 Å². The minimum atomic E-state index is 0.273. The Morgan fingerprint density at radius 3 is 2.93 bits per heavy atom. The second kappa shape index (κ2) is 4.88. The average Bonchev–Trinajstić information content (AvgIpc) is 2.87. The molecular formula is C10H16BrNOS. The molecule has 14 heavy (non-hydrogen) atoms. The first-order chi connectivity index (χ1) is 6.83. The first-order valence-electron chi connectivity index (χ1n) is 5.31. The zero-order valence-electron chi connectivity index (χ0n) is 8.25. The first-order valence-corrected chi connectivity index (χ1v) is 7.48. The van der Waals surface area contributed by atoms with E-state index in [9.17, 15) is 4.79 Å². The maximum Gasteiger partial charge on any atom is 0.235 e. The van der Waals surface area contributed by atoms with Gasteiger partial charge in [-0.25, -0.2) is 0 Å². The molecule has 80 valence electrons. The highest BCUT2D eigenvalue weighted by molar-refractivity contribution is 9.09. The first kappa shape index (κ1) is 10.8. The molecule has 0 spiro atoms. The number of alkyl halides is 1. The number of carbonyl (C=O) groups excluding carboxylic acids is 1. The lowest BCUT2D eigenvalue weighted by atomic mass is 10.2. The van der Waals surface area contributed by atoms with Crippen LogP contribution in [-0.4, -0.2) is 39.7 Å². The van der Waals surface area contributed by atoms with Crippen LogP contribution in [0.4, 0.5) is 0 Å². The summed E-state index contributed by atoms with van der Waals surface area (Å²) in [6.45, 7) is 0.978. The summed E-state index contributed by atoms with van der Waals surface area (Å²) in [4.78, 5) is 14.2. The molecule has 0 aromatic rings. The Morgan fingerprint density at radius 2 is 2.29 bits per heavy atom. The Bertz CT molecular complexity index is 218. The van der Waals surface area contributed by atoms with E-state index in [2.05, 4.69) is 20.8 Å². The summed E-state index contributed by atoms with van der Waals surface area (Å²) >= 11 is 5.34. The number of nitrogens with zero attached hydrogens (tertiary/aromatic N) is 1. The van der Waals surface area contributed by atoms with E-state index in [4.69, 9.17) is 0 Å². The Morgan fingerprint density at radius 1 is 1.43 bits per heavy atom. The fourth-order valence-electron chi connectivity index (χ4n) is 2.24. The fraction of sp³-hybridized carbons (Fsp3) is 0.900. The normalized spacial score (nSPS) is 32.5. The van der Waals surface area contributed by atoms with Crippen molar-refractivity contribution in [2.24, 2.45) is 0 Å². The predicted molar refractivity (Wildman–Crippen MR) is 64.0 cm³/mol. The van der Waals surface area contributed by atoms with Crippen molar-refractivity contribution in [3.63, 3.8) is 0 Å². The van der Waals surface area contributed by atoms with Crippen molar-refractivity contribution in [3.05, 3.63) is 0 Å². The Hall–Kier alpha value is 0.300. The molecule has 0 saturated carbocycles. The third-order valence-electron chi connectivity index (χ3n) is 3.04. The van der Waals surface area contributed by atoms with Crippen molar-refractivity contribution in [3.8, 4) is 0 Å². The predicted octanol–water partition coefficient (Wildman–Crippen LogP) is 2.27. The molecule has 0 N–H and O–H groups in total. The lowest BCUT2D eigenvalue weighted by Gasteiger charge is -2.25. The number of hydrogen-bond donors (Lipinski definition) is 0. The highest BCUT2D eigenvalue weighted by atomic mass is 79.9. The highest BCUT2D eigenvalue weighted by Gasteiger charge is 2.33. The summed E-state index contributed by atoms with van der Waals surface area (Å²) in [6, 6.07) is 0.462. The lowest BCUT2D eigenvalue weighted by molar-refractivity contribution is -0.131. The van der Waals surface area contributed by atoms with Crippen molar-refractivity contribution < 1.29 is 4.79 Å². The Kier molecular flexibility index (Phi) is 3.77. The van der Waals surface area contributed by atoms with Gasteiger partial charge >= 0.3 is 0 Å². The Labute approximate surface area is 97.9 Å². The van der Waals surface area contributed by atoms with Crippen molar-refractivity contribution >= 4 is 33.6 Å². The lowest BCUT2D eigenvalue weighted by Crippen LogP contribution is -2.41. The van der Waals surface area contributed by atoms with E-state index in [1.165, 1.54) is 25.0 Å². The maximum atomic E-state index is 12.1. The van der Waals surface area contributed by atoms with Crippen molar-refractivity contribution in [2.75, 3.05) is 17.6 Å². The van der Waals surface area contributed by atoms with Crippen LogP contribution in [0, 0.1) is 0 Å². The molecule has 2 heterocycles. The van der Waals surface area contributed by atoms with Gasteiger partial charge in [0, 0.05) is 17.9 Å². The molecular weight excluding hydrogens is 262 g/mol. The molecule has 2 aliphatic rings. The number of amides is 1. The van der Waals surface area contributed by atoms with Gasteiger partial charge in [0.2, 0.25) is 5.91 Å². The van der Waals surface area contributed by atoms with Crippen LogP contribution in [-0.2, 0) is 4.79 Å². The second-order valence-corrected chi connectivity index (χ2v) is 5.94. The van der Waals surface area contributed by atoms with Crippen LogP contribution in [0.5, 0.6) is 0 Å². The van der Waals surface area contributed by atoms with Gasteiger partial charge in [-0.2, -0.15) is 0 Å². The van der Waals surface area contributed by atoms with E-state index in [1.807, 2.05) is 11.8 Å². The number of halogens is 1. The SMILES string of the molecule is O=C(C1CCCS1)N1CCC[C@H]1CBr. The van der Waals surface area contributed by atoms with Crippen LogP contribution in [0.2, 0.25) is 0 Å². The quantitative estimate of drug-likeness (QED) is 0.722. The van der Waals surface area contributed by atoms with E-state index in [1.54, 1.807) is 0 Å². The number of rotatable bonds is 2. The highest BCUT2D eigenvalue weighted by Crippen LogP contribution is 2.30. The molecule has 0 aromatic carbocycles. The van der Waals surface area contributed by atoms with Crippen molar-refractivity contribution in [1.82, 2.24) is 4.90 Å². The van der Waals surface area contributed by atoms with E-state index < -0.39 is 0 Å². The molecule has 2 nitrogen and oxygen atoms in total. The topological polar surface area (TPSA) is 20.3 Å². The summed E-state index contributed by atoms with van der Waals surface area (Å²) in [6.07, 6.45) is 4.66. The molecule has 0 bridgehead atoms. The molecule has 4 heteroatoms. The van der Waals surface area contributed by atoms with Gasteiger partial charge in [0.15, 0.2) is 0 Å². The molecule has 0 aromatic heterocycles. The van der Waals surface area contributed by atoms with Crippen LogP contribution in [0.15, 0.2) is 0 Å². The van der Waals surface area contributed by atoms with Gasteiger partial charge in [0.25, 0.3) is 0 Å². The zero-order valence-corrected chi connectivity index (χ0v) is 10.6. The van der Waals surface area contributed by atoms with Crippen LogP contribution in [0.25, 0.3) is 0 Å². The number of carbonyl (C=O) groups is 1. The zero-order chi connectivity index (χ0) is 9.97. The van der Waals surface area contributed by atoms with Gasteiger partial charge in [-0.1, -0.05) is 15.9 Å². The smallest absolute Gasteiger partial charge is 0.235 e. The summed E-state index contributed by atoms with van der Waals surface area (Å²) in [7, 11) is 0. The molecule has 0 radical (unpaired) electrons. The minimum Gasteiger partial charge on any atom is -0.338 e. The van der Waals surface area contributed by atoms with Crippen molar-refractivity contribution in [2.45, 2.75) is 37.0 Å². The molecule has 2 rings (SSSR count). The van der Waals surface area contributed by atoms with E-state index in [0.29, 0.717) is 11.9 Å². The van der Waals surface area contributed by atoms with Gasteiger partial charge in [0.1, 0.15) is 0 Å². The number of hydrogen-bond acceptors (Lipinski definition) is 2. The third-order valence-corrected chi connectivity index (χ3v) is 5.15. The largest absolute Gasteiger partial charge is 0.338 e. The maximum absolute atomic E-state index is 12.1. The monoisotopic (exact) mass is 277 g/mol.